The molecule has 0 aliphatic carbocycles. The van der Waals surface area contributed by atoms with Gasteiger partial charge in [0, 0.05) is 12.8 Å². The van der Waals surface area contributed by atoms with Gasteiger partial charge in [0.1, 0.15) is 6.61 Å². The predicted octanol–water partition coefficient (Wildman–Crippen LogP) is 26.6. The van der Waals surface area contributed by atoms with Gasteiger partial charge in [0.15, 0.2) is 6.10 Å². The van der Waals surface area contributed by atoms with E-state index in [0.29, 0.717) is 12.8 Å². The largest absolute Gasteiger partial charge is 0.462 e. The van der Waals surface area contributed by atoms with Crippen LogP contribution < -0.4 is 0 Å². The maximum atomic E-state index is 12.4. The average Bonchev–Trinajstić information content (AvgIpc) is 3.52. The Balaban J connectivity index is 3.40. The quantitative estimate of drug-likeness (QED) is 0.0373. The van der Waals surface area contributed by atoms with Crippen LogP contribution in [0.5, 0.6) is 0 Å². The second kappa shape index (κ2) is 75.6. The Labute approximate surface area is 531 Å². The number of hydrogen-bond acceptors (Lipinski definition) is 5. The van der Waals surface area contributed by atoms with Gasteiger partial charge in [-0.15, -0.1) is 0 Å². The van der Waals surface area contributed by atoms with Gasteiger partial charge in [-0.25, -0.2) is 0 Å². The topological polar surface area (TPSA) is 72.8 Å². The molecular formula is C80H146O5. The van der Waals surface area contributed by atoms with Gasteiger partial charge in [-0.3, -0.25) is 9.59 Å². The number of carbonyl (C=O) groups is 2. The van der Waals surface area contributed by atoms with Crippen molar-refractivity contribution >= 4 is 11.9 Å². The first-order chi connectivity index (χ1) is 42.1. The summed E-state index contributed by atoms with van der Waals surface area (Å²) in [6.07, 6.45) is 105. The van der Waals surface area contributed by atoms with Crippen LogP contribution in [0.3, 0.4) is 0 Å². The molecule has 0 saturated carbocycles. The van der Waals surface area contributed by atoms with Gasteiger partial charge in [-0.1, -0.05) is 401 Å². The molecule has 5 heteroatoms. The van der Waals surface area contributed by atoms with E-state index in [9.17, 15) is 14.7 Å². The molecule has 0 rings (SSSR count). The summed E-state index contributed by atoms with van der Waals surface area (Å²) < 4.78 is 10.8. The van der Waals surface area contributed by atoms with Gasteiger partial charge >= 0.3 is 11.9 Å². The molecular weight excluding hydrogens is 1040 g/mol. The molecule has 0 bridgehead atoms. The van der Waals surface area contributed by atoms with E-state index in [0.717, 1.165) is 70.6 Å². The SMILES string of the molecule is CC/C=C\C/C=C\C/C=C\C/C=C\C/C=C\C/C=C\CCCCCCCCCCCCCCCCCCC(=O)OC(CO)COC(=O)CCCCCCCCCCCCCCCCCCCCCCCCCCCCCCCCCCCCCC. The van der Waals surface area contributed by atoms with Crippen molar-refractivity contribution in [3.63, 3.8) is 0 Å². The van der Waals surface area contributed by atoms with E-state index in [1.807, 2.05) is 0 Å². The molecule has 496 valence electrons. The summed E-state index contributed by atoms with van der Waals surface area (Å²) >= 11 is 0. The van der Waals surface area contributed by atoms with Gasteiger partial charge in [0.25, 0.3) is 0 Å². The van der Waals surface area contributed by atoms with Crippen LogP contribution in [0.1, 0.15) is 406 Å². The molecule has 0 radical (unpaired) electrons. The average molecular weight is 1190 g/mol. The number of rotatable bonds is 71. The normalized spacial score (nSPS) is 12.6. The first-order valence-corrected chi connectivity index (χ1v) is 38.0. The molecule has 0 heterocycles. The third-order valence-corrected chi connectivity index (χ3v) is 17.3. The summed E-state index contributed by atoms with van der Waals surface area (Å²) in [5.41, 5.74) is 0. The van der Waals surface area contributed by atoms with Crippen molar-refractivity contribution in [2.24, 2.45) is 0 Å². The molecule has 0 aliphatic heterocycles. The highest BCUT2D eigenvalue weighted by molar-refractivity contribution is 5.70. The van der Waals surface area contributed by atoms with Gasteiger partial charge in [0.2, 0.25) is 0 Å². The fourth-order valence-electron chi connectivity index (χ4n) is 11.6. The van der Waals surface area contributed by atoms with Gasteiger partial charge in [-0.05, 0) is 64.2 Å². The molecule has 0 aromatic rings. The molecule has 0 spiro atoms. The van der Waals surface area contributed by atoms with Gasteiger partial charge < -0.3 is 14.6 Å². The smallest absolute Gasteiger partial charge is 0.306 e. The second-order valence-corrected chi connectivity index (χ2v) is 25.7. The van der Waals surface area contributed by atoms with Crippen molar-refractivity contribution in [3.8, 4) is 0 Å². The van der Waals surface area contributed by atoms with Crippen LogP contribution in [0.15, 0.2) is 72.9 Å². The maximum absolute atomic E-state index is 12.4. The molecule has 5 nitrogen and oxygen atoms in total. The standard InChI is InChI=1S/C80H146O5/c1-3-5-7-9-11-13-15-17-19-21-23-25-27-29-31-33-35-37-39-41-42-44-46-48-50-52-54-56-58-60-62-64-66-68-70-72-74-79(82)84-77-78(76-81)85-80(83)75-73-71-69-67-65-63-61-59-57-55-53-51-49-47-45-43-40-38-36-34-32-30-28-26-24-22-20-18-16-14-12-10-8-6-4-2/h6,8,12,14,18,20,24,26,30,32,36,38,78,81H,3-5,7,9-11,13,15-17,19,21-23,25,27-29,31,33-35,37,39-77H2,1-2H3/b8-6-,14-12-,20-18-,26-24-,32-30-,38-36-. The Bertz CT molecular complexity index is 1490. The van der Waals surface area contributed by atoms with Crippen LogP contribution in [0.4, 0.5) is 0 Å². The summed E-state index contributed by atoms with van der Waals surface area (Å²) in [5, 5.41) is 9.72. The number of aliphatic hydroxyl groups excluding tert-OH is 1. The molecule has 0 saturated heterocycles. The van der Waals surface area contributed by atoms with Crippen LogP contribution in [0.25, 0.3) is 0 Å². The lowest BCUT2D eigenvalue weighted by Crippen LogP contribution is -2.28. The van der Waals surface area contributed by atoms with Crippen LogP contribution in [-0.4, -0.2) is 36.4 Å². The minimum atomic E-state index is -0.774. The van der Waals surface area contributed by atoms with E-state index in [1.54, 1.807) is 0 Å². The number of esters is 2. The molecule has 0 aliphatic rings. The number of carbonyl (C=O) groups excluding carboxylic acids is 2. The van der Waals surface area contributed by atoms with E-state index < -0.39 is 6.10 Å². The van der Waals surface area contributed by atoms with Crippen molar-refractivity contribution in [1.29, 1.82) is 0 Å². The Hall–Kier alpha value is -2.66. The zero-order chi connectivity index (χ0) is 61.2. The fraction of sp³-hybridized carbons (Fsp3) is 0.825. The van der Waals surface area contributed by atoms with Crippen LogP contribution in [0.2, 0.25) is 0 Å². The highest BCUT2D eigenvalue weighted by Gasteiger charge is 2.16. The zero-order valence-electron chi connectivity index (χ0n) is 57.1. The van der Waals surface area contributed by atoms with E-state index in [4.69, 9.17) is 9.47 Å². The lowest BCUT2D eigenvalue weighted by Gasteiger charge is -2.15. The van der Waals surface area contributed by atoms with E-state index >= 15 is 0 Å². The molecule has 0 fully saturated rings. The Morgan fingerprint density at radius 3 is 0.765 bits per heavy atom. The molecule has 85 heavy (non-hydrogen) atoms. The first kappa shape index (κ1) is 82.3. The van der Waals surface area contributed by atoms with Gasteiger partial charge in [-0.2, -0.15) is 0 Å². The minimum absolute atomic E-state index is 0.0619. The molecule has 0 aromatic carbocycles. The van der Waals surface area contributed by atoms with Crippen LogP contribution in [-0.2, 0) is 19.1 Å². The number of aliphatic hydroxyl groups is 1. The van der Waals surface area contributed by atoms with E-state index in [-0.39, 0.29) is 25.2 Å². The third kappa shape index (κ3) is 73.7. The number of allylic oxidation sites excluding steroid dienone is 12. The Kier molecular flexibility index (Phi) is 73.2. The fourth-order valence-corrected chi connectivity index (χ4v) is 11.6. The maximum Gasteiger partial charge on any atom is 0.306 e. The highest BCUT2D eigenvalue weighted by Crippen LogP contribution is 2.19. The van der Waals surface area contributed by atoms with Crippen LogP contribution in [0, 0.1) is 0 Å². The van der Waals surface area contributed by atoms with Crippen molar-refractivity contribution in [3.05, 3.63) is 72.9 Å². The lowest BCUT2D eigenvalue weighted by molar-refractivity contribution is -0.161. The van der Waals surface area contributed by atoms with Gasteiger partial charge in [0.05, 0.1) is 6.61 Å². The zero-order valence-corrected chi connectivity index (χ0v) is 57.1. The summed E-state index contributed by atoms with van der Waals surface area (Å²) in [6.45, 7) is 4.09. The van der Waals surface area contributed by atoms with E-state index in [2.05, 4.69) is 86.8 Å². The number of unbranched alkanes of at least 4 members (excludes halogenated alkanes) is 51. The van der Waals surface area contributed by atoms with Crippen molar-refractivity contribution in [2.45, 2.75) is 412 Å². The van der Waals surface area contributed by atoms with Crippen molar-refractivity contribution in [1.82, 2.24) is 0 Å². The summed E-state index contributed by atoms with van der Waals surface area (Å²) in [6, 6.07) is 0. The predicted molar refractivity (Wildman–Crippen MR) is 376 cm³/mol. The summed E-state index contributed by atoms with van der Waals surface area (Å²) in [5.74, 6) is -0.570. The number of hydrogen-bond donors (Lipinski definition) is 1. The third-order valence-electron chi connectivity index (χ3n) is 17.3. The molecule has 0 amide bonds. The Morgan fingerprint density at radius 1 is 0.282 bits per heavy atom. The van der Waals surface area contributed by atoms with Crippen LogP contribution >= 0.6 is 0 Å². The molecule has 1 atom stereocenters. The molecule has 1 unspecified atom stereocenters. The monoisotopic (exact) mass is 1190 g/mol. The molecule has 1 N–H and O–H groups in total. The second-order valence-electron chi connectivity index (χ2n) is 25.7. The highest BCUT2D eigenvalue weighted by atomic mass is 16.6. The van der Waals surface area contributed by atoms with Crippen molar-refractivity contribution in [2.75, 3.05) is 13.2 Å². The summed E-state index contributed by atoms with van der Waals surface area (Å²) in [4.78, 5) is 24.7. The minimum Gasteiger partial charge on any atom is -0.462 e. The van der Waals surface area contributed by atoms with E-state index in [1.165, 1.54) is 308 Å². The Morgan fingerprint density at radius 2 is 0.506 bits per heavy atom. The number of ether oxygens (including phenoxy) is 2. The molecule has 0 aromatic heterocycles. The lowest BCUT2D eigenvalue weighted by atomic mass is 10.0. The summed E-state index contributed by atoms with van der Waals surface area (Å²) in [7, 11) is 0. The first-order valence-electron chi connectivity index (χ1n) is 38.0. The van der Waals surface area contributed by atoms with Crippen molar-refractivity contribution < 1.29 is 24.2 Å².